The van der Waals surface area contributed by atoms with Crippen LogP contribution < -0.4 is 0 Å². The van der Waals surface area contributed by atoms with E-state index in [1.165, 1.54) is 2.88 Å². The summed E-state index contributed by atoms with van der Waals surface area (Å²) in [7, 11) is 0. The number of rotatable bonds is 3. The molecule has 0 aliphatic carbocycles. The fourth-order valence-electron chi connectivity index (χ4n) is 1.64. The van der Waals surface area contributed by atoms with Crippen molar-refractivity contribution < 1.29 is 5.11 Å². The summed E-state index contributed by atoms with van der Waals surface area (Å²) in [5.41, 5.74) is 1.73. The summed E-state index contributed by atoms with van der Waals surface area (Å²) in [6.45, 7) is 4.10. The Morgan fingerprint density at radius 2 is 2.24 bits per heavy atom. The highest BCUT2D eigenvalue weighted by Crippen LogP contribution is 2.32. The van der Waals surface area contributed by atoms with E-state index in [0.29, 0.717) is 0 Å². The van der Waals surface area contributed by atoms with Crippen LogP contribution >= 0.6 is 49.9 Å². The zero-order valence-corrected chi connectivity index (χ0v) is 14.0. The van der Waals surface area contributed by atoms with Gasteiger partial charge in [-0.1, -0.05) is 0 Å². The second-order valence-corrected chi connectivity index (χ2v) is 7.66. The molecule has 0 aliphatic heterocycles. The van der Waals surface area contributed by atoms with Gasteiger partial charge in [0.05, 0.1) is 19.2 Å². The van der Waals surface area contributed by atoms with Crippen LogP contribution in [0.4, 0.5) is 0 Å². The SMILES string of the molecule is CC(C)n1ncc(Br)c1C(O)c1csc(I)c1. The van der Waals surface area contributed by atoms with Crippen LogP contribution in [0, 0.1) is 2.88 Å². The molecule has 1 unspecified atom stereocenters. The lowest BCUT2D eigenvalue weighted by molar-refractivity contribution is 0.204. The number of thiophene rings is 1. The molecule has 17 heavy (non-hydrogen) atoms. The standard InChI is InChI=1S/C11H12BrIN2OS/c1-6(2)15-10(8(12)4-14-15)11(16)7-3-9(13)17-5-7/h3-6,11,16H,1-2H3. The lowest BCUT2D eigenvalue weighted by Crippen LogP contribution is -2.12. The van der Waals surface area contributed by atoms with Crippen molar-refractivity contribution in [1.82, 2.24) is 9.78 Å². The number of halogens is 2. The van der Waals surface area contributed by atoms with Gasteiger partial charge in [0, 0.05) is 6.04 Å². The van der Waals surface area contributed by atoms with Crippen molar-refractivity contribution in [3.63, 3.8) is 0 Å². The average molecular weight is 427 g/mol. The van der Waals surface area contributed by atoms with Gasteiger partial charge in [-0.3, -0.25) is 4.68 Å². The topological polar surface area (TPSA) is 38.0 Å². The smallest absolute Gasteiger partial charge is 0.123 e. The lowest BCUT2D eigenvalue weighted by Gasteiger charge is -2.15. The van der Waals surface area contributed by atoms with Crippen LogP contribution in [0.1, 0.15) is 37.3 Å². The van der Waals surface area contributed by atoms with Gasteiger partial charge < -0.3 is 5.11 Å². The molecule has 0 saturated carbocycles. The van der Waals surface area contributed by atoms with Crippen LogP contribution in [0.2, 0.25) is 0 Å². The lowest BCUT2D eigenvalue weighted by atomic mass is 10.1. The molecule has 0 amide bonds. The number of aromatic nitrogens is 2. The molecule has 2 heterocycles. The summed E-state index contributed by atoms with van der Waals surface area (Å²) in [6, 6.07) is 2.23. The minimum atomic E-state index is -0.631. The normalized spacial score (nSPS) is 13.3. The molecule has 0 bridgehead atoms. The van der Waals surface area contributed by atoms with Gasteiger partial charge in [0.2, 0.25) is 0 Å². The van der Waals surface area contributed by atoms with Crippen LogP contribution in [0.3, 0.4) is 0 Å². The summed E-state index contributed by atoms with van der Waals surface area (Å²) in [5, 5.41) is 16.7. The van der Waals surface area contributed by atoms with Crippen molar-refractivity contribution in [1.29, 1.82) is 0 Å². The highest BCUT2D eigenvalue weighted by atomic mass is 127. The Morgan fingerprint density at radius 1 is 1.53 bits per heavy atom. The third-order valence-electron chi connectivity index (χ3n) is 2.44. The second-order valence-electron chi connectivity index (χ2n) is 4.00. The van der Waals surface area contributed by atoms with E-state index >= 15 is 0 Å². The molecular weight excluding hydrogens is 415 g/mol. The van der Waals surface area contributed by atoms with Crippen molar-refractivity contribution in [2.75, 3.05) is 0 Å². The Balaban J connectivity index is 2.43. The van der Waals surface area contributed by atoms with Gasteiger partial charge in [-0.15, -0.1) is 11.3 Å². The molecule has 1 atom stereocenters. The van der Waals surface area contributed by atoms with E-state index in [0.717, 1.165) is 15.7 Å². The van der Waals surface area contributed by atoms with Gasteiger partial charge >= 0.3 is 0 Å². The molecule has 0 radical (unpaired) electrons. The molecule has 2 rings (SSSR count). The average Bonchev–Trinajstić information content (AvgIpc) is 2.83. The number of nitrogens with zero attached hydrogens (tertiary/aromatic N) is 2. The minimum absolute atomic E-state index is 0.226. The largest absolute Gasteiger partial charge is 0.382 e. The summed E-state index contributed by atoms with van der Waals surface area (Å²) in [6.07, 6.45) is 1.10. The molecule has 0 spiro atoms. The van der Waals surface area contributed by atoms with Crippen molar-refractivity contribution >= 4 is 49.9 Å². The van der Waals surface area contributed by atoms with E-state index in [-0.39, 0.29) is 6.04 Å². The van der Waals surface area contributed by atoms with Gasteiger partial charge in [-0.2, -0.15) is 5.10 Å². The summed E-state index contributed by atoms with van der Waals surface area (Å²) in [4.78, 5) is 0. The van der Waals surface area contributed by atoms with Gasteiger partial charge in [-0.25, -0.2) is 0 Å². The summed E-state index contributed by atoms with van der Waals surface area (Å²) in [5.74, 6) is 0. The summed E-state index contributed by atoms with van der Waals surface area (Å²) < 4.78 is 3.86. The molecule has 0 aromatic carbocycles. The first kappa shape index (κ1) is 13.5. The molecule has 3 nitrogen and oxygen atoms in total. The maximum atomic E-state index is 10.4. The molecule has 92 valence electrons. The molecule has 0 fully saturated rings. The highest BCUT2D eigenvalue weighted by molar-refractivity contribution is 14.1. The predicted octanol–water partition coefficient (Wildman–Crippen LogP) is 3.97. The molecule has 2 aromatic rings. The van der Waals surface area contributed by atoms with Crippen molar-refractivity contribution in [3.8, 4) is 0 Å². The van der Waals surface area contributed by atoms with Crippen LogP contribution in [-0.2, 0) is 0 Å². The maximum absolute atomic E-state index is 10.4. The van der Waals surface area contributed by atoms with Crippen LogP contribution in [-0.4, -0.2) is 14.9 Å². The quantitative estimate of drug-likeness (QED) is 0.754. The predicted molar refractivity (Wildman–Crippen MR) is 81.4 cm³/mol. The first-order chi connectivity index (χ1) is 8.00. The molecule has 1 N–H and O–H groups in total. The van der Waals surface area contributed by atoms with Crippen molar-refractivity contribution in [2.45, 2.75) is 26.0 Å². The Hall–Kier alpha value is 0.0800. The van der Waals surface area contributed by atoms with E-state index in [1.807, 2.05) is 30.0 Å². The van der Waals surface area contributed by atoms with Gasteiger partial charge in [0.1, 0.15) is 6.10 Å². The fourth-order valence-corrected chi connectivity index (χ4v) is 3.52. The zero-order chi connectivity index (χ0) is 12.6. The maximum Gasteiger partial charge on any atom is 0.123 e. The Kier molecular flexibility index (Phi) is 4.27. The number of hydrogen-bond acceptors (Lipinski definition) is 3. The molecule has 0 aliphatic rings. The van der Waals surface area contributed by atoms with E-state index in [1.54, 1.807) is 17.5 Å². The summed E-state index contributed by atoms with van der Waals surface area (Å²) >= 11 is 7.34. The van der Waals surface area contributed by atoms with E-state index in [2.05, 4.69) is 43.6 Å². The Labute approximate surface area is 126 Å². The minimum Gasteiger partial charge on any atom is -0.382 e. The van der Waals surface area contributed by atoms with Crippen molar-refractivity contribution in [3.05, 3.63) is 36.3 Å². The second kappa shape index (κ2) is 5.38. The van der Waals surface area contributed by atoms with Gasteiger partial charge in [0.15, 0.2) is 0 Å². The number of aliphatic hydroxyl groups excluding tert-OH is 1. The monoisotopic (exact) mass is 426 g/mol. The van der Waals surface area contributed by atoms with Crippen LogP contribution in [0.15, 0.2) is 22.1 Å². The molecular formula is C11H12BrIN2OS. The molecule has 6 heteroatoms. The van der Waals surface area contributed by atoms with E-state index < -0.39 is 6.10 Å². The van der Waals surface area contributed by atoms with Gasteiger partial charge in [0.25, 0.3) is 0 Å². The molecule has 2 aromatic heterocycles. The Bertz CT molecular complexity index is 523. The fraction of sp³-hybridized carbons (Fsp3) is 0.364. The zero-order valence-electron chi connectivity index (χ0n) is 9.39. The van der Waals surface area contributed by atoms with Crippen LogP contribution in [0.25, 0.3) is 0 Å². The third-order valence-corrected chi connectivity index (χ3v) is 4.86. The van der Waals surface area contributed by atoms with E-state index in [9.17, 15) is 5.11 Å². The first-order valence-corrected chi connectivity index (χ1v) is 7.90. The first-order valence-electron chi connectivity index (χ1n) is 5.15. The Morgan fingerprint density at radius 3 is 2.76 bits per heavy atom. The van der Waals surface area contributed by atoms with Crippen LogP contribution in [0.5, 0.6) is 0 Å². The van der Waals surface area contributed by atoms with E-state index in [4.69, 9.17) is 0 Å². The van der Waals surface area contributed by atoms with Crippen molar-refractivity contribution in [2.24, 2.45) is 0 Å². The number of hydrogen-bond donors (Lipinski definition) is 1. The van der Waals surface area contributed by atoms with Gasteiger partial charge in [-0.05, 0) is 69.4 Å². The highest BCUT2D eigenvalue weighted by Gasteiger charge is 2.21. The molecule has 0 saturated heterocycles. The third kappa shape index (κ3) is 2.74. The number of aliphatic hydroxyl groups is 1.